The van der Waals surface area contributed by atoms with E-state index < -0.39 is 0 Å². The van der Waals surface area contributed by atoms with E-state index in [1.807, 2.05) is 67.6 Å². The minimum absolute atomic E-state index is 0.100. The number of rotatable bonds is 9. The fourth-order valence-electron chi connectivity index (χ4n) is 5.54. The molecule has 3 fully saturated rings. The van der Waals surface area contributed by atoms with Crippen LogP contribution in [0.3, 0.4) is 0 Å². The lowest BCUT2D eigenvalue weighted by atomic mass is 9.82. The number of fused-ring (bicyclic) bond motifs is 3. The lowest BCUT2D eigenvalue weighted by molar-refractivity contribution is -0.948. The molecule has 2 aromatic carbocycles. The van der Waals surface area contributed by atoms with E-state index >= 15 is 0 Å². The quantitative estimate of drug-likeness (QED) is 0.385. The molecule has 6 nitrogen and oxygen atoms in total. The monoisotopic (exact) mass is 465 g/mol. The van der Waals surface area contributed by atoms with Gasteiger partial charge in [-0.3, -0.25) is 9.69 Å². The summed E-state index contributed by atoms with van der Waals surface area (Å²) in [5, 5.41) is 0. The third-order valence-corrected chi connectivity index (χ3v) is 7.49. The largest absolute Gasteiger partial charge is 0.466 e. The number of amides is 1. The van der Waals surface area contributed by atoms with Crippen molar-refractivity contribution in [3.63, 3.8) is 0 Å². The Hall–Kier alpha value is -2.86. The Bertz CT molecular complexity index is 941. The molecule has 34 heavy (non-hydrogen) atoms. The van der Waals surface area contributed by atoms with E-state index in [4.69, 9.17) is 9.47 Å². The Labute approximate surface area is 203 Å². The predicted octanol–water partition coefficient (Wildman–Crippen LogP) is 5.03. The zero-order valence-electron chi connectivity index (χ0n) is 20.4. The lowest BCUT2D eigenvalue weighted by Gasteiger charge is -2.52. The lowest BCUT2D eigenvalue weighted by Crippen LogP contribution is -2.66. The number of ether oxygens (including phenoxy) is 2. The van der Waals surface area contributed by atoms with E-state index in [0.29, 0.717) is 19.1 Å². The van der Waals surface area contributed by atoms with Gasteiger partial charge in [0.2, 0.25) is 0 Å². The van der Waals surface area contributed by atoms with Crippen molar-refractivity contribution in [2.45, 2.75) is 45.8 Å². The average molecular weight is 466 g/mol. The second kappa shape index (κ2) is 11.0. The summed E-state index contributed by atoms with van der Waals surface area (Å²) < 4.78 is 12.4. The first-order valence-corrected chi connectivity index (χ1v) is 12.6. The number of anilines is 1. The van der Waals surface area contributed by atoms with Gasteiger partial charge in [0, 0.05) is 24.4 Å². The van der Waals surface area contributed by atoms with Gasteiger partial charge >= 0.3 is 12.1 Å². The van der Waals surface area contributed by atoms with E-state index in [9.17, 15) is 9.59 Å². The van der Waals surface area contributed by atoms with E-state index in [2.05, 4.69) is 6.92 Å². The number of para-hydroxylation sites is 1. The molecule has 1 unspecified atom stereocenters. The Morgan fingerprint density at radius 2 is 1.65 bits per heavy atom. The number of quaternary nitrogens is 1. The minimum atomic E-state index is -0.301. The number of esters is 1. The van der Waals surface area contributed by atoms with E-state index in [-0.39, 0.29) is 24.1 Å². The highest BCUT2D eigenvalue weighted by Crippen LogP contribution is 2.37. The van der Waals surface area contributed by atoms with Crippen LogP contribution in [0, 0.1) is 11.8 Å². The predicted molar refractivity (Wildman–Crippen MR) is 132 cm³/mol. The highest BCUT2D eigenvalue weighted by Gasteiger charge is 2.49. The van der Waals surface area contributed by atoms with Crippen LogP contribution in [0.1, 0.15) is 38.7 Å². The molecule has 3 saturated heterocycles. The molecule has 0 aromatic heterocycles. The Kier molecular flexibility index (Phi) is 7.88. The number of hydrogen-bond donors (Lipinski definition) is 0. The Morgan fingerprint density at radius 1 is 1.00 bits per heavy atom. The summed E-state index contributed by atoms with van der Waals surface area (Å²) in [6.07, 6.45) is 2.40. The summed E-state index contributed by atoms with van der Waals surface area (Å²) >= 11 is 0. The number of piperidine rings is 3. The second-order valence-electron chi connectivity index (χ2n) is 9.68. The second-order valence-corrected chi connectivity index (χ2v) is 9.68. The summed E-state index contributed by atoms with van der Waals surface area (Å²) in [5.74, 6) is 0.183. The summed E-state index contributed by atoms with van der Waals surface area (Å²) in [6.45, 7) is 8.41. The highest BCUT2D eigenvalue weighted by molar-refractivity contribution is 5.87. The highest BCUT2D eigenvalue weighted by atomic mass is 16.6. The molecule has 0 N–H and O–H groups in total. The molecule has 182 valence electrons. The molecule has 0 spiro atoms. The van der Waals surface area contributed by atoms with Crippen LogP contribution in [-0.2, 0) is 20.8 Å². The molecule has 6 heteroatoms. The molecule has 3 aliphatic heterocycles. The molecule has 2 bridgehead atoms. The van der Waals surface area contributed by atoms with Crippen LogP contribution in [0.25, 0.3) is 0 Å². The summed E-state index contributed by atoms with van der Waals surface area (Å²) in [6, 6.07) is 19.7. The fraction of sp³-hybridized carbons (Fsp3) is 0.500. The average Bonchev–Trinajstić information content (AvgIpc) is 2.87. The number of benzene rings is 2. The molecule has 5 rings (SSSR count). The van der Waals surface area contributed by atoms with Crippen LogP contribution >= 0.6 is 0 Å². The van der Waals surface area contributed by atoms with Crippen molar-refractivity contribution < 1.29 is 23.5 Å². The van der Waals surface area contributed by atoms with E-state index in [0.717, 1.165) is 61.2 Å². The van der Waals surface area contributed by atoms with Crippen LogP contribution in [0.2, 0.25) is 0 Å². The zero-order chi connectivity index (χ0) is 24.0. The van der Waals surface area contributed by atoms with Crippen molar-refractivity contribution in [3.05, 3.63) is 66.2 Å². The van der Waals surface area contributed by atoms with Gasteiger partial charge in [-0.05, 0) is 31.0 Å². The van der Waals surface area contributed by atoms with Gasteiger partial charge in [0.05, 0.1) is 32.8 Å². The van der Waals surface area contributed by atoms with Crippen LogP contribution in [0.4, 0.5) is 10.5 Å². The van der Waals surface area contributed by atoms with Crippen LogP contribution in [-0.4, -0.2) is 55.4 Å². The van der Waals surface area contributed by atoms with Crippen LogP contribution < -0.4 is 4.90 Å². The van der Waals surface area contributed by atoms with Gasteiger partial charge in [-0.25, -0.2) is 4.79 Å². The molecule has 3 heterocycles. The third kappa shape index (κ3) is 5.61. The standard InChI is InChI=1S/C28H37N2O4/c1-3-23(27(31)33-4-2)20-30-17-15-24(16-18-30)26(21-30)34-28(32)29(25-13-9-6-10-14-25)19-22-11-7-5-8-12-22/h5-14,23-24,26H,3-4,15-21H2,1-2H3/q+1/t23?,24?,26-,30?/m0/s1. The van der Waals surface area contributed by atoms with Gasteiger partial charge in [0.1, 0.15) is 12.5 Å². The van der Waals surface area contributed by atoms with Crippen molar-refractivity contribution in [1.82, 2.24) is 0 Å². The molecule has 0 radical (unpaired) electrons. The smallest absolute Gasteiger partial charge is 0.415 e. The number of nitrogens with zero attached hydrogens (tertiary/aromatic N) is 2. The summed E-state index contributed by atoms with van der Waals surface area (Å²) in [4.78, 5) is 27.7. The van der Waals surface area contributed by atoms with Crippen LogP contribution in [0.5, 0.6) is 0 Å². The Morgan fingerprint density at radius 3 is 2.26 bits per heavy atom. The van der Waals surface area contributed by atoms with Crippen molar-refractivity contribution in [2.75, 3.05) is 37.7 Å². The molecule has 0 aliphatic carbocycles. The van der Waals surface area contributed by atoms with Crippen molar-refractivity contribution in [3.8, 4) is 0 Å². The van der Waals surface area contributed by atoms with Crippen molar-refractivity contribution in [2.24, 2.45) is 11.8 Å². The van der Waals surface area contributed by atoms with Gasteiger partial charge in [-0.2, -0.15) is 0 Å². The van der Waals surface area contributed by atoms with Crippen molar-refractivity contribution >= 4 is 17.7 Å². The molecule has 2 aromatic rings. The molecule has 3 aliphatic rings. The van der Waals surface area contributed by atoms with Gasteiger partial charge in [-0.15, -0.1) is 0 Å². The maximum absolute atomic E-state index is 13.5. The maximum Gasteiger partial charge on any atom is 0.415 e. The molecular formula is C28H37N2O4+. The summed E-state index contributed by atoms with van der Waals surface area (Å²) in [5.41, 5.74) is 1.89. The first-order chi connectivity index (χ1) is 16.5. The van der Waals surface area contributed by atoms with Gasteiger partial charge in [0.25, 0.3) is 0 Å². The molecule has 1 amide bonds. The van der Waals surface area contributed by atoms with Gasteiger partial charge in [-0.1, -0.05) is 55.5 Å². The number of hydrogen-bond acceptors (Lipinski definition) is 4. The normalized spacial score (nSPS) is 24.3. The Balaban J connectivity index is 1.48. The SMILES string of the molecule is CCOC(=O)C(CC)C[N+]12CCC(CC1)[C@@H](OC(=O)N(Cc1ccccc1)c1ccccc1)C2. The van der Waals surface area contributed by atoms with Gasteiger partial charge in [0.15, 0.2) is 6.10 Å². The maximum atomic E-state index is 13.5. The molecule has 2 atom stereocenters. The third-order valence-electron chi connectivity index (χ3n) is 7.49. The number of carbonyl (C=O) groups excluding carboxylic acids is 2. The molecular weight excluding hydrogens is 428 g/mol. The molecule has 0 saturated carbocycles. The van der Waals surface area contributed by atoms with Crippen molar-refractivity contribution in [1.29, 1.82) is 0 Å². The summed E-state index contributed by atoms with van der Waals surface area (Å²) in [7, 11) is 0. The fourth-order valence-corrected chi connectivity index (χ4v) is 5.54. The minimum Gasteiger partial charge on any atom is -0.466 e. The first-order valence-electron chi connectivity index (χ1n) is 12.6. The first kappa shape index (κ1) is 24.3. The zero-order valence-corrected chi connectivity index (χ0v) is 20.4. The van der Waals surface area contributed by atoms with Crippen LogP contribution in [0.15, 0.2) is 60.7 Å². The van der Waals surface area contributed by atoms with E-state index in [1.165, 1.54) is 0 Å². The topological polar surface area (TPSA) is 55.8 Å². The van der Waals surface area contributed by atoms with Gasteiger partial charge < -0.3 is 14.0 Å². The van der Waals surface area contributed by atoms with E-state index in [1.54, 1.807) is 4.90 Å². The number of carbonyl (C=O) groups is 2.